The minimum Gasteiger partial charge on any atom is -0.493 e. The van der Waals surface area contributed by atoms with Crippen LogP contribution in [0.15, 0.2) is 30.3 Å². The zero-order chi connectivity index (χ0) is 15.4. The number of nitrogen functional groups attached to an aromatic ring is 1. The van der Waals surface area contributed by atoms with Crippen molar-refractivity contribution in [2.24, 2.45) is 0 Å². The van der Waals surface area contributed by atoms with Crippen LogP contribution in [-0.4, -0.2) is 17.0 Å². The number of hydrogen-bond acceptors (Lipinski definition) is 7. The van der Waals surface area contributed by atoms with Gasteiger partial charge >= 0.3 is 11.6 Å². The van der Waals surface area contributed by atoms with E-state index in [1.807, 2.05) is 6.07 Å². The Hall–Kier alpha value is -3.34. The molecule has 0 bridgehead atoms. The van der Waals surface area contributed by atoms with E-state index in [0.29, 0.717) is 5.56 Å². The molecule has 0 radical (unpaired) electrons. The van der Waals surface area contributed by atoms with E-state index in [0.717, 1.165) is 0 Å². The second-order valence-electron chi connectivity index (χ2n) is 3.90. The molecule has 0 saturated carbocycles. The summed E-state index contributed by atoms with van der Waals surface area (Å²) in [5, 5.41) is 19.8. The van der Waals surface area contributed by atoms with Crippen LogP contribution in [0.1, 0.15) is 5.56 Å². The minimum absolute atomic E-state index is 0.0863. The van der Waals surface area contributed by atoms with E-state index in [9.17, 15) is 10.1 Å². The van der Waals surface area contributed by atoms with Gasteiger partial charge in [-0.15, -0.1) is 0 Å². The molecule has 0 saturated heterocycles. The van der Waals surface area contributed by atoms with Crippen LogP contribution in [0.25, 0.3) is 0 Å². The maximum absolute atomic E-state index is 10.9. The normalized spacial score (nSPS) is 9.71. The van der Waals surface area contributed by atoms with E-state index in [-0.39, 0.29) is 28.9 Å². The number of nitrogens with zero attached hydrogens (tertiary/aromatic N) is 3. The van der Waals surface area contributed by atoms with Crippen LogP contribution in [0.2, 0.25) is 0 Å². The number of nitrogens with two attached hydrogens (primary N) is 1. The highest BCUT2D eigenvalue weighted by Crippen LogP contribution is 2.35. The van der Waals surface area contributed by atoms with Gasteiger partial charge in [-0.05, 0) is 18.2 Å². The molecule has 2 aromatic rings. The van der Waals surface area contributed by atoms with Gasteiger partial charge in [0.05, 0.1) is 23.7 Å². The van der Waals surface area contributed by atoms with Crippen LogP contribution in [0.3, 0.4) is 0 Å². The molecule has 1 heterocycles. The third-order valence-corrected chi connectivity index (χ3v) is 2.56. The van der Waals surface area contributed by atoms with Crippen LogP contribution >= 0.6 is 0 Å². The summed E-state index contributed by atoms with van der Waals surface area (Å²) < 4.78 is 10.5. The summed E-state index contributed by atoms with van der Waals surface area (Å²) in [6.45, 7) is 0. The molecule has 0 unspecified atom stereocenters. The minimum atomic E-state index is -0.627. The number of nitriles is 1. The Bertz CT molecular complexity index is 739. The second-order valence-corrected chi connectivity index (χ2v) is 3.90. The summed E-state index contributed by atoms with van der Waals surface area (Å²) in [6.07, 6.45) is 0. The van der Waals surface area contributed by atoms with E-state index >= 15 is 0 Å². The molecule has 2 rings (SSSR count). The monoisotopic (exact) mass is 286 g/mol. The Morgan fingerprint density at radius 2 is 2.10 bits per heavy atom. The van der Waals surface area contributed by atoms with Crippen molar-refractivity contribution in [3.05, 3.63) is 46.0 Å². The zero-order valence-electron chi connectivity index (χ0n) is 10.9. The highest BCUT2D eigenvalue weighted by Gasteiger charge is 2.19. The highest BCUT2D eigenvalue weighted by atomic mass is 16.6. The van der Waals surface area contributed by atoms with Gasteiger partial charge < -0.3 is 15.2 Å². The Morgan fingerprint density at radius 1 is 1.33 bits per heavy atom. The number of benzene rings is 1. The SMILES string of the molecule is COc1cc(C#N)ccc1Oc1nc(N)ccc1[N+](=O)[O-]. The molecule has 0 spiro atoms. The van der Waals surface area contributed by atoms with Crippen molar-refractivity contribution in [1.82, 2.24) is 4.98 Å². The number of methoxy groups -OCH3 is 1. The Labute approximate surface area is 119 Å². The van der Waals surface area contributed by atoms with Gasteiger partial charge in [-0.25, -0.2) is 0 Å². The molecule has 0 fully saturated rings. The third kappa shape index (κ3) is 2.98. The molecular weight excluding hydrogens is 276 g/mol. The number of nitro groups is 1. The molecule has 0 aliphatic rings. The van der Waals surface area contributed by atoms with Gasteiger partial charge in [-0.2, -0.15) is 10.2 Å². The van der Waals surface area contributed by atoms with E-state index in [1.54, 1.807) is 0 Å². The summed E-state index contributed by atoms with van der Waals surface area (Å²) in [5.41, 5.74) is 5.56. The fraction of sp³-hybridized carbons (Fsp3) is 0.0769. The smallest absolute Gasteiger partial charge is 0.331 e. The molecule has 0 amide bonds. The summed E-state index contributed by atoms with van der Waals surface area (Å²) >= 11 is 0. The molecule has 2 N–H and O–H groups in total. The molecule has 21 heavy (non-hydrogen) atoms. The van der Waals surface area contributed by atoms with Gasteiger partial charge in [0.15, 0.2) is 11.5 Å². The molecular formula is C13H10N4O4. The average Bonchev–Trinajstić information content (AvgIpc) is 2.47. The highest BCUT2D eigenvalue weighted by molar-refractivity contribution is 5.52. The van der Waals surface area contributed by atoms with Gasteiger partial charge in [-0.1, -0.05) is 0 Å². The number of ether oxygens (including phenoxy) is 2. The van der Waals surface area contributed by atoms with Crippen LogP contribution in [0, 0.1) is 21.4 Å². The first kappa shape index (κ1) is 14.1. The molecule has 0 aliphatic heterocycles. The van der Waals surface area contributed by atoms with E-state index < -0.39 is 4.92 Å². The van der Waals surface area contributed by atoms with Crippen molar-refractivity contribution in [2.45, 2.75) is 0 Å². The zero-order valence-corrected chi connectivity index (χ0v) is 10.9. The van der Waals surface area contributed by atoms with Crippen LogP contribution in [-0.2, 0) is 0 Å². The van der Waals surface area contributed by atoms with Crippen LogP contribution < -0.4 is 15.2 Å². The maximum Gasteiger partial charge on any atom is 0.331 e. The number of aromatic nitrogens is 1. The quantitative estimate of drug-likeness (QED) is 0.674. The van der Waals surface area contributed by atoms with Gasteiger partial charge in [0.25, 0.3) is 0 Å². The van der Waals surface area contributed by atoms with E-state index in [4.69, 9.17) is 20.5 Å². The van der Waals surface area contributed by atoms with Crippen LogP contribution in [0.5, 0.6) is 17.4 Å². The maximum atomic E-state index is 10.9. The molecule has 1 aromatic carbocycles. The lowest BCUT2D eigenvalue weighted by atomic mass is 10.2. The lowest BCUT2D eigenvalue weighted by Crippen LogP contribution is -2.00. The first-order chi connectivity index (χ1) is 10.0. The van der Waals surface area contributed by atoms with Crippen molar-refractivity contribution >= 4 is 11.5 Å². The average molecular weight is 286 g/mol. The van der Waals surface area contributed by atoms with E-state index in [1.165, 1.54) is 37.4 Å². The third-order valence-electron chi connectivity index (χ3n) is 2.56. The molecule has 0 aliphatic carbocycles. The van der Waals surface area contributed by atoms with Gasteiger partial charge in [0.2, 0.25) is 0 Å². The van der Waals surface area contributed by atoms with Gasteiger partial charge in [0.1, 0.15) is 5.82 Å². The Morgan fingerprint density at radius 3 is 2.71 bits per heavy atom. The van der Waals surface area contributed by atoms with Crippen LogP contribution in [0.4, 0.5) is 11.5 Å². The van der Waals surface area contributed by atoms with Crippen molar-refractivity contribution in [1.29, 1.82) is 5.26 Å². The predicted molar refractivity (Wildman–Crippen MR) is 73.1 cm³/mol. The van der Waals surface area contributed by atoms with Crippen molar-refractivity contribution in [3.63, 3.8) is 0 Å². The van der Waals surface area contributed by atoms with Crippen molar-refractivity contribution in [2.75, 3.05) is 12.8 Å². The second kappa shape index (κ2) is 5.75. The van der Waals surface area contributed by atoms with E-state index in [2.05, 4.69) is 4.98 Å². The molecule has 8 heteroatoms. The summed E-state index contributed by atoms with van der Waals surface area (Å²) in [7, 11) is 1.39. The number of pyridine rings is 1. The topological polar surface area (TPSA) is 124 Å². The van der Waals surface area contributed by atoms with Crippen molar-refractivity contribution < 1.29 is 14.4 Å². The van der Waals surface area contributed by atoms with Gasteiger partial charge in [0, 0.05) is 12.1 Å². The molecule has 106 valence electrons. The fourth-order valence-corrected chi connectivity index (χ4v) is 1.59. The summed E-state index contributed by atoms with van der Waals surface area (Å²) in [4.78, 5) is 14.1. The number of hydrogen-bond donors (Lipinski definition) is 1. The standard InChI is InChI=1S/C13H10N4O4/c1-20-11-6-8(7-14)2-4-10(11)21-13-9(17(18)19)3-5-12(15)16-13/h2-6H,1H3,(H2,15,16). The number of rotatable bonds is 4. The molecule has 0 atom stereocenters. The van der Waals surface area contributed by atoms with Crippen molar-refractivity contribution in [3.8, 4) is 23.4 Å². The lowest BCUT2D eigenvalue weighted by Gasteiger charge is -2.10. The Kier molecular flexibility index (Phi) is 3.85. The van der Waals surface area contributed by atoms with Gasteiger partial charge in [-0.3, -0.25) is 10.1 Å². The summed E-state index contributed by atoms with van der Waals surface area (Å²) in [6, 6.07) is 8.87. The molecule has 8 nitrogen and oxygen atoms in total. The first-order valence-corrected chi connectivity index (χ1v) is 5.72. The summed E-state index contributed by atoms with van der Waals surface area (Å²) in [5.74, 6) is 0.288. The predicted octanol–water partition coefficient (Wildman–Crippen LogP) is 2.24. The lowest BCUT2D eigenvalue weighted by molar-refractivity contribution is -0.386. The number of anilines is 1. The first-order valence-electron chi connectivity index (χ1n) is 5.72. The fourth-order valence-electron chi connectivity index (χ4n) is 1.59. The molecule has 1 aromatic heterocycles. The Balaban J connectivity index is 2.45. The largest absolute Gasteiger partial charge is 0.493 e.